The van der Waals surface area contributed by atoms with Crippen molar-refractivity contribution in [2.45, 2.75) is 63.6 Å². The van der Waals surface area contributed by atoms with Crippen molar-refractivity contribution in [2.24, 2.45) is 0 Å². The van der Waals surface area contributed by atoms with Gasteiger partial charge in [0.25, 0.3) is 0 Å². The van der Waals surface area contributed by atoms with E-state index in [1.165, 1.54) is 13.3 Å². The SMILES string of the molecule is COc1c(C2(NC(=O)OC(C)(C)C)CC2)c(F)cc2c(=O)c(C(=O)O)cn(C3CC3)c12. The fourth-order valence-corrected chi connectivity index (χ4v) is 3.95. The van der Waals surface area contributed by atoms with Crippen LogP contribution in [0, 0.1) is 5.82 Å². The first kappa shape index (κ1) is 21.1. The van der Waals surface area contributed by atoms with Crippen molar-refractivity contribution in [1.82, 2.24) is 9.88 Å². The Hall–Kier alpha value is -3.10. The molecule has 0 saturated heterocycles. The molecule has 0 radical (unpaired) electrons. The topological polar surface area (TPSA) is 107 Å². The highest BCUT2D eigenvalue weighted by molar-refractivity contribution is 5.95. The Kier molecular flexibility index (Phi) is 4.75. The number of carboxylic acids is 1. The van der Waals surface area contributed by atoms with Crippen LogP contribution in [-0.2, 0) is 10.3 Å². The van der Waals surface area contributed by atoms with Crippen LogP contribution in [0.4, 0.5) is 9.18 Å². The summed E-state index contributed by atoms with van der Waals surface area (Å²) >= 11 is 0. The number of carboxylic acid groups (broad SMARTS) is 1. The lowest BCUT2D eigenvalue weighted by Crippen LogP contribution is -2.40. The van der Waals surface area contributed by atoms with E-state index >= 15 is 4.39 Å². The van der Waals surface area contributed by atoms with E-state index in [0.29, 0.717) is 18.4 Å². The van der Waals surface area contributed by atoms with Gasteiger partial charge in [-0.25, -0.2) is 14.0 Å². The number of pyridine rings is 1. The summed E-state index contributed by atoms with van der Waals surface area (Å²) in [4.78, 5) is 36.8. The Morgan fingerprint density at radius 2 is 1.94 bits per heavy atom. The third kappa shape index (κ3) is 3.73. The molecule has 0 bridgehead atoms. The molecule has 2 aliphatic carbocycles. The molecule has 4 rings (SSSR count). The number of methoxy groups -OCH3 is 1. The molecule has 166 valence electrons. The Morgan fingerprint density at radius 1 is 1.29 bits per heavy atom. The molecule has 2 fully saturated rings. The molecule has 31 heavy (non-hydrogen) atoms. The van der Waals surface area contributed by atoms with Gasteiger partial charge in [0.15, 0.2) is 5.75 Å². The summed E-state index contributed by atoms with van der Waals surface area (Å²) in [7, 11) is 1.37. The largest absolute Gasteiger partial charge is 0.494 e. The van der Waals surface area contributed by atoms with Gasteiger partial charge in [-0.2, -0.15) is 0 Å². The molecule has 0 aliphatic heterocycles. The molecule has 8 nitrogen and oxygen atoms in total. The molecule has 1 aromatic carbocycles. The number of nitrogens with zero attached hydrogens (tertiary/aromatic N) is 1. The number of hydrogen-bond donors (Lipinski definition) is 2. The summed E-state index contributed by atoms with van der Waals surface area (Å²) in [6.07, 6.45) is 3.21. The number of nitrogens with one attached hydrogen (secondary N) is 1. The quantitative estimate of drug-likeness (QED) is 0.746. The monoisotopic (exact) mass is 432 g/mol. The minimum absolute atomic E-state index is 0.00220. The molecule has 0 spiro atoms. The Morgan fingerprint density at radius 3 is 2.42 bits per heavy atom. The Balaban J connectivity index is 1.92. The molecule has 0 unspecified atom stereocenters. The second kappa shape index (κ2) is 6.96. The van der Waals surface area contributed by atoms with E-state index in [-0.39, 0.29) is 22.7 Å². The number of ether oxygens (including phenoxy) is 2. The van der Waals surface area contributed by atoms with Crippen molar-refractivity contribution in [3.8, 4) is 5.75 Å². The lowest BCUT2D eigenvalue weighted by atomic mass is 9.98. The lowest BCUT2D eigenvalue weighted by Gasteiger charge is -2.26. The van der Waals surface area contributed by atoms with Gasteiger partial charge in [0.1, 0.15) is 17.0 Å². The summed E-state index contributed by atoms with van der Waals surface area (Å²) < 4.78 is 28.0. The molecule has 1 aromatic heterocycles. The smallest absolute Gasteiger partial charge is 0.408 e. The van der Waals surface area contributed by atoms with Crippen LogP contribution in [0.3, 0.4) is 0 Å². The summed E-state index contributed by atoms with van der Waals surface area (Å²) in [5.41, 5.74) is -2.43. The van der Waals surface area contributed by atoms with Gasteiger partial charge in [0, 0.05) is 12.2 Å². The molecule has 2 aromatic rings. The second-order valence-electron chi connectivity index (χ2n) is 9.19. The average Bonchev–Trinajstić information content (AvgIpc) is 3.55. The maximum absolute atomic E-state index is 15.4. The van der Waals surface area contributed by atoms with E-state index in [2.05, 4.69) is 5.32 Å². The zero-order valence-corrected chi connectivity index (χ0v) is 17.9. The van der Waals surface area contributed by atoms with E-state index in [9.17, 15) is 19.5 Å². The van der Waals surface area contributed by atoms with Gasteiger partial charge in [-0.05, 0) is 52.5 Å². The predicted octanol–water partition coefficient (Wildman–Crippen LogP) is 3.70. The fourth-order valence-electron chi connectivity index (χ4n) is 3.95. The van der Waals surface area contributed by atoms with Crippen molar-refractivity contribution in [3.63, 3.8) is 0 Å². The number of alkyl carbamates (subject to hydrolysis) is 1. The minimum Gasteiger partial charge on any atom is -0.494 e. The zero-order chi connectivity index (χ0) is 22.7. The minimum atomic E-state index is -1.37. The second-order valence-corrected chi connectivity index (χ2v) is 9.19. The van der Waals surface area contributed by atoms with Crippen LogP contribution < -0.4 is 15.5 Å². The first-order valence-corrected chi connectivity index (χ1v) is 10.2. The van der Waals surface area contributed by atoms with Crippen molar-refractivity contribution in [1.29, 1.82) is 0 Å². The third-order valence-electron chi connectivity index (χ3n) is 5.57. The zero-order valence-electron chi connectivity index (χ0n) is 17.9. The maximum Gasteiger partial charge on any atom is 0.408 e. The number of benzene rings is 1. The van der Waals surface area contributed by atoms with E-state index in [1.54, 1.807) is 25.3 Å². The highest BCUT2D eigenvalue weighted by Crippen LogP contribution is 2.52. The van der Waals surface area contributed by atoms with E-state index in [1.807, 2.05) is 0 Å². The van der Waals surface area contributed by atoms with Crippen LogP contribution >= 0.6 is 0 Å². The van der Waals surface area contributed by atoms with Crippen LogP contribution in [0.15, 0.2) is 17.1 Å². The molecule has 1 heterocycles. The van der Waals surface area contributed by atoms with Crippen LogP contribution in [0.25, 0.3) is 10.9 Å². The number of halogens is 1. The van der Waals surface area contributed by atoms with Crippen molar-refractivity contribution < 1.29 is 28.6 Å². The van der Waals surface area contributed by atoms with E-state index < -0.39 is 40.0 Å². The van der Waals surface area contributed by atoms with Gasteiger partial charge < -0.3 is 24.5 Å². The summed E-state index contributed by atoms with van der Waals surface area (Å²) in [5.74, 6) is -1.97. The van der Waals surface area contributed by atoms with Crippen molar-refractivity contribution >= 4 is 23.0 Å². The van der Waals surface area contributed by atoms with Gasteiger partial charge in [0.2, 0.25) is 5.43 Å². The first-order chi connectivity index (χ1) is 14.5. The van der Waals surface area contributed by atoms with Gasteiger partial charge in [-0.1, -0.05) is 0 Å². The Labute approximate surface area is 177 Å². The molecular formula is C22H25FN2O6. The summed E-state index contributed by atoms with van der Waals surface area (Å²) in [6.45, 7) is 5.20. The number of hydrogen-bond acceptors (Lipinski definition) is 5. The number of aromatic nitrogens is 1. The van der Waals surface area contributed by atoms with Crippen LogP contribution in [-0.4, -0.2) is 34.4 Å². The fraction of sp³-hybridized carbons (Fsp3) is 0.500. The van der Waals surface area contributed by atoms with Crippen molar-refractivity contribution in [3.05, 3.63) is 39.4 Å². The summed E-state index contributed by atoms with van der Waals surface area (Å²) in [5, 5.41) is 12.1. The summed E-state index contributed by atoms with van der Waals surface area (Å²) in [6, 6.07) is 1.06. The van der Waals surface area contributed by atoms with Gasteiger partial charge in [-0.15, -0.1) is 0 Å². The molecule has 1 amide bonds. The molecular weight excluding hydrogens is 407 g/mol. The normalized spacial score (nSPS) is 17.3. The van der Waals surface area contributed by atoms with E-state index in [0.717, 1.165) is 18.9 Å². The van der Waals surface area contributed by atoms with Crippen LogP contribution in [0.5, 0.6) is 5.75 Å². The highest BCUT2D eigenvalue weighted by atomic mass is 19.1. The number of fused-ring (bicyclic) bond motifs is 1. The highest BCUT2D eigenvalue weighted by Gasteiger charge is 2.51. The van der Waals surface area contributed by atoms with Gasteiger partial charge in [-0.3, -0.25) is 4.79 Å². The number of amides is 1. The first-order valence-electron chi connectivity index (χ1n) is 10.2. The molecule has 2 N–H and O–H groups in total. The molecule has 9 heteroatoms. The van der Waals surface area contributed by atoms with E-state index in [4.69, 9.17) is 9.47 Å². The average molecular weight is 432 g/mol. The number of rotatable bonds is 5. The maximum atomic E-state index is 15.4. The number of carbonyl (C=O) groups excluding carboxylic acids is 1. The van der Waals surface area contributed by atoms with Gasteiger partial charge >= 0.3 is 12.1 Å². The molecule has 0 atom stereocenters. The third-order valence-corrected chi connectivity index (χ3v) is 5.57. The van der Waals surface area contributed by atoms with Crippen LogP contribution in [0.2, 0.25) is 0 Å². The Bertz CT molecular complexity index is 1160. The molecule has 2 aliphatic rings. The standard InChI is InChI=1S/C22H25FN2O6/c1-21(2,3)31-20(29)24-22(7-8-22)15-14(23)9-12-16(18(15)30-4)25(11-5-6-11)10-13(17(12)26)19(27)28/h9-11H,5-8H2,1-4H3,(H,24,29)(H,27,28). The molecule has 2 saturated carbocycles. The van der Waals surface area contributed by atoms with Crippen molar-refractivity contribution in [2.75, 3.05) is 7.11 Å². The van der Waals surface area contributed by atoms with Crippen LogP contribution in [0.1, 0.15) is 68.4 Å². The lowest BCUT2D eigenvalue weighted by molar-refractivity contribution is 0.0493. The van der Waals surface area contributed by atoms with Gasteiger partial charge in [0.05, 0.1) is 29.1 Å². The predicted molar refractivity (Wildman–Crippen MR) is 110 cm³/mol. The number of aromatic carboxylic acids is 1. The number of carbonyl (C=O) groups is 2.